The summed E-state index contributed by atoms with van der Waals surface area (Å²) in [6, 6.07) is 11.0. The molecule has 0 radical (unpaired) electrons. The first-order valence-electron chi connectivity index (χ1n) is 7.98. The van der Waals surface area contributed by atoms with Gasteiger partial charge in [0.1, 0.15) is 11.4 Å². The summed E-state index contributed by atoms with van der Waals surface area (Å²) in [7, 11) is -3.88. The molecule has 1 amide bonds. The Hall–Kier alpha value is -2.25. The number of carbonyl (C=O) groups is 1. The molecule has 0 saturated carbocycles. The highest BCUT2D eigenvalue weighted by molar-refractivity contribution is 7.92. The highest BCUT2D eigenvalue weighted by atomic mass is 35.5. The minimum absolute atomic E-state index is 0.0192. The number of sulfonamides is 1. The maximum Gasteiger partial charge on any atom is 0.262 e. The number of nitrogens with one attached hydrogen (secondary N) is 1. The van der Waals surface area contributed by atoms with Crippen molar-refractivity contribution in [1.82, 2.24) is 0 Å². The maximum absolute atomic E-state index is 12.7. The number of rotatable bonds is 3. The molecular formula is C18H19ClN2O4S. The van der Waals surface area contributed by atoms with Crippen molar-refractivity contribution in [3.05, 3.63) is 47.5 Å². The van der Waals surface area contributed by atoms with Crippen LogP contribution in [-0.4, -0.2) is 26.5 Å². The third-order valence-corrected chi connectivity index (χ3v) is 5.65. The van der Waals surface area contributed by atoms with Gasteiger partial charge in [-0.1, -0.05) is 23.7 Å². The predicted molar refractivity (Wildman–Crippen MR) is 101 cm³/mol. The molecule has 0 aromatic heterocycles. The van der Waals surface area contributed by atoms with Gasteiger partial charge in [0.15, 0.2) is 0 Å². The molecule has 0 bridgehead atoms. The lowest BCUT2D eigenvalue weighted by atomic mass is 10.1. The molecule has 0 atom stereocenters. The molecule has 0 aliphatic carbocycles. The van der Waals surface area contributed by atoms with Gasteiger partial charge in [0.05, 0.1) is 27.8 Å². The summed E-state index contributed by atoms with van der Waals surface area (Å²) in [5.41, 5.74) is 0.154. The Kier molecular flexibility index (Phi) is 4.62. The van der Waals surface area contributed by atoms with Crippen molar-refractivity contribution in [2.75, 3.05) is 16.2 Å². The lowest BCUT2D eigenvalue weighted by Crippen LogP contribution is -2.48. The van der Waals surface area contributed by atoms with Crippen LogP contribution >= 0.6 is 11.6 Å². The van der Waals surface area contributed by atoms with Crippen molar-refractivity contribution < 1.29 is 17.9 Å². The number of ether oxygens (including phenoxy) is 1. The molecule has 138 valence electrons. The highest BCUT2D eigenvalue weighted by Gasteiger charge is 2.34. The Morgan fingerprint density at radius 3 is 2.58 bits per heavy atom. The Morgan fingerprint density at radius 1 is 1.23 bits per heavy atom. The second-order valence-corrected chi connectivity index (χ2v) is 8.77. The summed E-state index contributed by atoms with van der Waals surface area (Å²) in [6.07, 6.45) is 0. The van der Waals surface area contributed by atoms with Crippen LogP contribution in [0.4, 0.5) is 11.4 Å². The summed E-state index contributed by atoms with van der Waals surface area (Å²) in [4.78, 5) is 13.6. The van der Waals surface area contributed by atoms with Gasteiger partial charge in [0.25, 0.3) is 10.0 Å². The topological polar surface area (TPSA) is 75.7 Å². The monoisotopic (exact) mass is 394 g/mol. The van der Waals surface area contributed by atoms with Gasteiger partial charge in [-0.05, 0) is 44.2 Å². The molecule has 1 aliphatic rings. The van der Waals surface area contributed by atoms with Crippen LogP contribution in [0.5, 0.6) is 5.75 Å². The number of hydrogen-bond acceptors (Lipinski definition) is 4. The highest BCUT2D eigenvalue weighted by Crippen LogP contribution is 2.39. The van der Waals surface area contributed by atoms with Gasteiger partial charge in [-0.2, -0.15) is 0 Å². The number of hydrogen-bond donors (Lipinski definition) is 1. The minimum Gasteiger partial charge on any atom is -0.484 e. The van der Waals surface area contributed by atoms with Gasteiger partial charge in [0.2, 0.25) is 5.91 Å². The zero-order valence-electron chi connectivity index (χ0n) is 14.6. The average molecular weight is 395 g/mol. The van der Waals surface area contributed by atoms with Crippen LogP contribution in [0.25, 0.3) is 0 Å². The van der Waals surface area contributed by atoms with Crippen molar-refractivity contribution in [3.8, 4) is 5.75 Å². The lowest BCUT2D eigenvalue weighted by Gasteiger charge is -2.39. The Bertz CT molecular complexity index is 973. The lowest BCUT2D eigenvalue weighted by molar-refractivity contribution is -0.117. The Morgan fingerprint density at radius 2 is 1.92 bits per heavy atom. The molecule has 26 heavy (non-hydrogen) atoms. The fourth-order valence-corrected chi connectivity index (χ4v) is 4.12. The van der Waals surface area contributed by atoms with E-state index < -0.39 is 15.6 Å². The number of benzene rings is 2. The van der Waals surface area contributed by atoms with E-state index in [-0.39, 0.29) is 16.5 Å². The number of carbonyl (C=O) groups excluding carboxylic acids is 1. The van der Waals surface area contributed by atoms with Crippen LogP contribution in [-0.2, 0) is 14.8 Å². The van der Waals surface area contributed by atoms with E-state index in [0.29, 0.717) is 23.0 Å². The molecule has 1 N–H and O–H groups in total. The molecule has 2 aromatic carbocycles. The minimum atomic E-state index is -3.88. The smallest absolute Gasteiger partial charge is 0.262 e. The number of amides is 1. The van der Waals surface area contributed by atoms with Gasteiger partial charge in [-0.3, -0.25) is 9.52 Å². The van der Waals surface area contributed by atoms with Crippen LogP contribution in [0.3, 0.4) is 0 Å². The van der Waals surface area contributed by atoms with E-state index in [1.54, 1.807) is 30.3 Å². The number of fused-ring (bicyclic) bond motifs is 1. The second-order valence-electron chi connectivity index (χ2n) is 6.68. The van der Waals surface area contributed by atoms with Crippen molar-refractivity contribution in [1.29, 1.82) is 0 Å². The van der Waals surface area contributed by atoms with Crippen LogP contribution in [0, 0.1) is 0 Å². The van der Waals surface area contributed by atoms with Crippen LogP contribution in [0.15, 0.2) is 47.4 Å². The molecule has 1 aliphatic heterocycles. The summed E-state index contributed by atoms with van der Waals surface area (Å²) < 4.78 is 33.8. The van der Waals surface area contributed by atoms with Gasteiger partial charge >= 0.3 is 0 Å². The molecule has 6 nitrogen and oxygen atoms in total. The van der Waals surface area contributed by atoms with Crippen LogP contribution in [0.2, 0.25) is 5.02 Å². The zero-order chi connectivity index (χ0) is 19.1. The van der Waals surface area contributed by atoms with Crippen molar-refractivity contribution in [2.45, 2.75) is 31.3 Å². The summed E-state index contributed by atoms with van der Waals surface area (Å²) >= 11 is 6.03. The molecule has 3 rings (SSSR count). The molecule has 0 spiro atoms. The molecule has 8 heteroatoms. The number of anilines is 2. The zero-order valence-corrected chi connectivity index (χ0v) is 16.2. The van der Waals surface area contributed by atoms with E-state index in [2.05, 4.69) is 4.72 Å². The molecule has 0 fully saturated rings. The maximum atomic E-state index is 12.7. The average Bonchev–Trinajstić information content (AvgIpc) is 2.54. The molecule has 1 heterocycles. The predicted octanol–water partition coefficient (Wildman–Crippen LogP) is 3.66. The fourth-order valence-electron chi connectivity index (χ4n) is 2.79. The van der Waals surface area contributed by atoms with Gasteiger partial charge in [-0.15, -0.1) is 0 Å². The fraction of sp³-hybridized carbons (Fsp3) is 0.278. The number of halogens is 1. The molecule has 0 saturated heterocycles. The van der Waals surface area contributed by atoms with E-state index in [9.17, 15) is 13.2 Å². The quantitative estimate of drug-likeness (QED) is 0.861. The SMILES string of the molecule is CC(=O)N1CC(C)(C)Oc2ccc(S(=O)(=O)Nc3ccccc3Cl)cc21. The van der Waals surface area contributed by atoms with E-state index in [1.807, 2.05) is 13.8 Å². The second kappa shape index (κ2) is 6.48. The summed E-state index contributed by atoms with van der Waals surface area (Å²) in [5.74, 6) is 0.282. The third-order valence-electron chi connectivity index (χ3n) is 3.95. The van der Waals surface area contributed by atoms with Gasteiger partial charge in [0, 0.05) is 6.92 Å². The first-order chi connectivity index (χ1) is 12.1. The molecule has 0 unspecified atom stereocenters. The Labute approximate surface area is 157 Å². The van der Waals surface area contributed by atoms with Crippen LogP contribution < -0.4 is 14.4 Å². The summed E-state index contributed by atoms with van der Waals surface area (Å²) in [6.45, 7) is 5.51. The molecular weight excluding hydrogens is 376 g/mol. The van der Waals surface area contributed by atoms with Crippen molar-refractivity contribution in [2.24, 2.45) is 0 Å². The number of para-hydroxylation sites is 1. The standard InChI is InChI=1S/C18H19ClN2O4S/c1-12(22)21-11-18(2,3)25-17-9-8-13(10-16(17)21)26(23,24)20-15-7-5-4-6-14(15)19/h4-10,20H,11H2,1-3H3. The largest absolute Gasteiger partial charge is 0.484 e. The van der Waals surface area contributed by atoms with Crippen molar-refractivity contribution in [3.63, 3.8) is 0 Å². The van der Waals surface area contributed by atoms with E-state index in [1.165, 1.54) is 24.0 Å². The van der Waals surface area contributed by atoms with E-state index in [4.69, 9.17) is 16.3 Å². The third kappa shape index (κ3) is 3.64. The van der Waals surface area contributed by atoms with Crippen LogP contribution in [0.1, 0.15) is 20.8 Å². The van der Waals surface area contributed by atoms with E-state index >= 15 is 0 Å². The van der Waals surface area contributed by atoms with E-state index in [0.717, 1.165) is 0 Å². The number of nitrogens with zero attached hydrogens (tertiary/aromatic N) is 1. The van der Waals surface area contributed by atoms with Gasteiger partial charge < -0.3 is 9.64 Å². The first kappa shape index (κ1) is 18.5. The van der Waals surface area contributed by atoms with Crippen molar-refractivity contribution >= 4 is 38.9 Å². The summed E-state index contributed by atoms with van der Waals surface area (Å²) in [5, 5.41) is 0.296. The molecule has 2 aromatic rings. The van der Waals surface area contributed by atoms with Gasteiger partial charge in [-0.25, -0.2) is 8.42 Å². The Balaban J connectivity index is 2.01. The normalized spacial score (nSPS) is 15.8. The first-order valence-corrected chi connectivity index (χ1v) is 9.84.